The fourth-order valence-corrected chi connectivity index (χ4v) is 2.88. The molecule has 1 heterocycles. The van der Waals surface area contributed by atoms with E-state index in [1.165, 1.54) is 24.8 Å². The highest BCUT2D eigenvalue weighted by Gasteiger charge is 2.33. The molecule has 0 amide bonds. The third kappa shape index (κ3) is 3.08. The number of piperidine rings is 1. The van der Waals surface area contributed by atoms with Crippen LogP contribution in [-0.2, 0) is 0 Å². The smallest absolute Gasteiger partial charge is 0.0787 e. The highest BCUT2D eigenvalue weighted by atomic mass is 16.3. The van der Waals surface area contributed by atoms with Crippen LogP contribution >= 0.6 is 0 Å². The van der Waals surface area contributed by atoms with E-state index in [1.807, 2.05) is 19.9 Å². The zero-order valence-electron chi connectivity index (χ0n) is 10.9. The van der Waals surface area contributed by atoms with E-state index < -0.39 is 5.60 Å². The van der Waals surface area contributed by atoms with Crippen molar-refractivity contribution in [1.82, 2.24) is 4.90 Å². The minimum atomic E-state index is -0.696. The van der Waals surface area contributed by atoms with Gasteiger partial charge in [0.05, 0.1) is 11.6 Å². The highest BCUT2D eigenvalue weighted by molar-refractivity contribution is 5.22. The molecule has 0 spiro atoms. The molecular formula is C15H23NO. The third-order valence-corrected chi connectivity index (χ3v) is 3.54. The van der Waals surface area contributed by atoms with Gasteiger partial charge in [0.15, 0.2) is 0 Å². The summed E-state index contributed by atoms with van der Waals surface area (Å²) in [5, 5.41) is 10.4. The van der Waals surface area contributed by atoms with Gasteiger partial charge in [-0.1, -0.05) is 36.8 Å². The monoisotopic (exact) mass is 233 g/mol. The van der Waals surface area contributed by atoms with Gasteiger partial charge in [0, 0.05) is 0 Å². The second kappa shape index (κ2) is 5.19. The van der Waals surface area contributed by atoms with Gasteiger partial charge in [0.1, 0.15) is 0 Å². The van der Waals surface area contributed by atoms with Crippen LogP contribution in [0.2, 0.25) is 0 Å². The molecule has 0 aliphatic carbocycles. The predicted octanol–water partition coefficient (Wildman–Crippen LogP) is 2.98. The summed E-state index contributed by atoms with van der Waals surface area (Å²) in [5.41, 5.74) is 0.528. The van der Waals surface area contributed by atoms with Gasteiger partial charge < -0.3 is 5.11 Å². The lowest BCUT2D eigenvalue weighted by Gasteiger charge is -2.41. The second-order valence-electron chi connectivity index (χ2n) is 5.56. The SMILES string of the molecule is CC(C)(O)C(c1ccccc1)N1CCCCC1. The Morgan fingerprint density at radius 2 is 1.65 bits per heavy atom. The lowest BCUT2D eigenvalue weighted by atomic mass is 9.89. The minimum absolute atomic E-state index is 0.115. The van der Waals surface area contributed by atoms with Crippen molar-refractivity contribution >= 4 is 0 Å². The third-order valence-electron chi connectivity index (χ3n) is 3.54. The second-order valence-corrected chi connectivity index (χ2v) is 5.56. The first-order chi connectivity index (χ1) is 8.09. The molecule has 0 radical (unpaired) electrons. The summed E-state index contributed by atoms with van der Waals surface area (Å²) in [6.07, 6.45) is 3.82. The average Bonchev–Trinajstić information content (AvgIpc) is 2.30. The van der Waals surface area contributed by atoms with Crippen LogP contribution in [0.1, 0.15) is 44.7 Å². The first kappa shape index (κ1) is 12.6. The van der Waals surface area contributed by atoms with Crippen molar-refractivity contribution in [3.05, 3.63) is 35.9 Å². The molecule has 1 aliphatic rings. The topological polar surface area (TPSA) is 23.5 Å². The minimum Gasteiger partial charge on any atom is -0.388 e. The average molecular weight is 233 g/mol. The number of nitrogens with zero attached hydrogens (tertiary/aromatic N) is 1. The van der Waals surface area contributed by atoms with Crippen LogP contribution < -0.4 is 0 Å². The Morgan fingerprint density at radius 3 is 2.18 bits per heavy atom. The van der Waals surface area contributed by atoms with Crippen molar-refractivity contribution in [1.29, 1.82) is 0 Å². The fraction of sp³-hybridized carbons (Fsp3) is 0.600. The Bertz CT molecular complexity index is 336. The number of hydrogen-bond acceptors (Lipinski definition) is 2. The molecule has 1 aromatic carbocycles. The molecule has 0 saturated carbocycles. The Morgan fingerprint density at radius 1 is 1.06 bits per heavy atom. The Labute approximate surface area is 104 Å². The first-order valence-corrected chi connectivity index (χ1v) is 6.60. The van der Waals surface area contributed by atoms with Gasteiger partial charge in [-0.05, 0) is 45.3 Å². The molecule has 17 heavy (non-hydrogen) atoms. The molecule has 1 aromatic rings. The number of rotatable bonds is 3. The van der Waals surface area contributed by atoms with Crippen LogP contribution in [0.5, 0.6) is 0 Å². The molecule has 0 aromatic heterocycles. The molecule has 1 atom stereocenters. The van der Waals surface area contributed by atoms with Crippen molar-refractivity contribution in [3.8, 4) is 0 Å². The normalized spacial score (nSPS) is 20.2. The summed E-state index contributed by atoms with van der Waals surface area (Å²) in [4.78, 5) is 2.43. The van der Waals surface area contributed by atoms with Gasteiger partial charge in [-0.2, -0.15) is 0 Å². The summed E-state index contributed by atoms with van der Waals surface area (Å²) >= 11 is 0. The summed E-state index contributed by atoms with van der Waals surface area (Å²) < 4.78 is 0. The Hall–Kier alpha value is -0.860. The number of aliphatic hydroxyl groups is 1. The van der Waals surface area contributed by atoms with Crippen molar-refractivity contribution in [2.24, 2.45) is 0 Å². The van der Waals surface area contributed by atoms with Crippen LogP contribution in [0.3, 0.4) is 0 Å². The van der Waals surface area contributed by atoms with E-state index in [-0.39, 0.29) is 6.04 Å². The number of hydrogen-bond donors (Lipinski definition) is 1. The van der Waals surface area contributed by atoms with Crippen LogP contribution in [0, 0.1) is 0 Å². The molecule has 2 nitrogen and oxygen atoms in total. The van der Waals surface area contributed by atoms with E-state index in [4.69, 9.17) is 0 Å². The molecule has 1 N–H and O–H groups in total. The number of benzene rings is 1. The molecule has 1 saturated heterocycles. The van der Waals surface area contributed by atoms with Gasteiger partial charge in [-0.3, -0.25) is 4.90 Å². The zero-order valence-corrected chi connectivity index (χ0v) is 10.9. The zero-order chi connectivity index (χ0) is 12.3. The van der Waals surface area contributed by atoms with Crippen molar-refractivity contribution in [2.45, 2.75) is 44.8 Å². The quantitative estimate of drug-likeness (QED) is 0.867. The molecule has 2 rings (SSSR count). The predicted molar refractivity (Wildman–Crippen MR) is 70.9 cm³/mol. The lowest BCUT2D eigenvalue weighted by molar-refractivity contribution is -0.0281. The molecule has 1 fully saturated rings. The Kier molecular flexibility index (Phi) is 3.85. The van der Waals surface area contributed by atoms with Crippen LogP contribution in [0.4, 0.5) is 0 Å². The van der Waals surface area contributed by atoms with Gasteiger partial charge >= 0.3 is 0 Å². The largest absolute Gasteiger partial charge is 0.388 e. The fourth-order valence-electron chi connectivity index (χ4n) is 2.88. The maximum absolute atomic E-state index is 10.4. The van der Waals surface area contributed by atoms with E-state index in [1.54, 1.807) is 0 Å². The standard InChI is InChI=1S/C15H23NO/c1-15(2,17)14(13-9-5-3-6-10-13)16-11-7-4-8-12-16/h3,5-6,9-10,14,17H,4,7-8,11-12H2,1-2H3. The van der Waals surface area contributed by atoms with Crippen molar-refractivity contribution in [3.63, 3.8) is 0 Å². The highest BCUT2D eigenvalue weighted by Crippen LogP contribution is 2.33. The summed E-state index contributed by atoms with van der Waals surface area (Å²) in [5.74, 6) is 0. The lowest BCUT2D eigenvalue weighted by Crippen LogP contribution is -2.44. The van der Waals surface area contributed by atoms with E-state index in [9.17, 15) is 5.11 Å². The van der Waals surface area contributed by atoms with E-state index in [2.05, 4.69) is 29.2 Å². The maximum Gasteiger partial charge on any atom is 0.0787 e. The summed E-state index contributed by atoms with van der Waals surface area (Å²) in [6.45, 7) is 6.03. The first-order valence-electron chi connectivity index (χ1n) is 6.60. The van der Waals surface area contributed by atoms with E-state index >= 15 is 0 Å². The van der Waals surface area contributed by atoms with Gasteiger partial charge in [-0.25, -0.2) is 0 Å². The molecule has 1 aliphatic heterocycles. The molecular weight excluding hydrogens is 210 g/mol. The molecule has 1 unspecified atom stereocenters. The van der Waals surface area contributed by atoms with Gasteiger partial charge in [-0.15, -0.1) is 0 Å². The van der Waals surface area contributed by atoms with Gasteiger partial charge in [0.25, 0.3) is 0 Å². The summed E-state index contributed by atoms with van der Waals surface area (Å²) in [6, 6.07) is 10.5. The van der Waals surface area contributed by atoms with E-state index in [0.717, 1.165) is 13.1 Å². The van der Waals surface area contributed by atoms with Crippen molar-refractivity contribution in [2.75, 3.05) is 13.1 Å². The van der Waals surface area contributed by atoms with Crippen LogP contribution in [0.15, 0.2) is 30.3 Å². The molecule has 94 valence electrons. The van der Waals surface area contributed by atoms with Crippen LogP contribution in [-0.4, -0.2) is 28.7 Å². The van der Waals surface area contributed by atoms with Crippen LogP contribution in [0.25, 0.3) is 0 Å². The van der Waals surface area contributed by atoms with E-state index in [0.29, 0.717) is 0 Å². The Balaban J connectivity index is 2.25. The number of likely N-dealkylation sites (tertiary alicyclic amines) is 1. The summed E-state index contributed by atoms with van der Waals surface area (Å²) in [7, 11) is 0. The van der Waals surface area contributed by atoms with Crippen molar-refractivity contribution < 1.29 is 5.11 Å². The molecule has 2 heteroatoms. The van der Waals surface area contributed by atoms with Gasteiger partial charge in [0.2, 0.25) is 0 Å². The maximum atomic E-state index is 10.4. The molecule has 0 bridgehead atoms.